The highest BCUT2D eigenvalue weighted by Crippen LogP contribution is 2.39. The molecule has 2 rings (SSSR count). The summed E-state index contributed by atoms with van der Waals surface area (Å²) < 4.78 is 64.4. The van der Waals surface area contributed by atoms with E-state index in [-0.39, 0.29) is 5.69 Å². The summed E-state index contributed by atoms with van der Waals surface area (Å²) in [5.74, 6) is -0.508. The highest BCUT2D eigenvalue weighted by atomic mass is 35.5. The number of aromatic nitrogens is 2. The molecule has 0 saturated carbocycles. The second-order valence-electron chi connectivity index (χ2n) is 4.26. The molecule has 0 aliphatic heterocycles. The van der Waals surface area contributed by atoms with Crippen molar-refractivity contribution in [3.8, 4) is 11.8 Å². The number of nitrogens with two attached hydrogens (primary N) is 1. The summed E-state index contributed by atoms with van der Waals surface area (Å²) in [6, 6.07) is 2.56. The van der Waals surface area contributed by atoms with Gasteiger partial charge in [-0.15, -0.1) is 0 Å². The molecule has 2 aromatic rings. The summed E-state index contributed by atoms with van der Waals surface area (Å²) in [5, 5.41) is 11.3. The number of hydrogen-bond acceptors (Lipinski definition) is 3. The SMILES string of the molecule is N#Cc1c(C(F)F)nn(-c2c(Cl)cc(C(F)(F)F)cc2Cl)c1N. The van der Waals surface area contributed by atoms with Gasteiger partial charge in [0.1, 0.15) is 28.8 Å². The Bertz CT molecular complexity index is 784. The second-order valence-corrected chi connectivity index (χ2v) is 5.07. The normalized spacial score (nSPS) is 11.8. The Labute approximate surface area is 135 Å². The number of alkyl halides is 5. The van der Waals surface area contributed by atoms with Crippen LogP contribution in [0, 0.1) is 11.3 Å². The summed E-state index contributed by atoms with van der Waals surface area (Å²) in [4.78, 5) is 0. The molecule has 4 nitrogen and oxygen atoms in total. The average molecular weight is 371 g/mol. The zero-order chi connectivity index (χ0) is 17.5. The number of halogens is 7. The summed E-state index contributed by atoms with van der Waals surface area (Å²) in [6.45, 7) is 0. The number of benzene rings is 1. The monoisotopic (exact) mass is 370 g/mol. The minimum atomic E-state index is -4.70. The molecule has 23 heavy (non-hydrogen) atoms. The molecular weight excluding hydrogens is 366 g/mol. The van der Waals surface area contributed by atoms with Crippen LogP contribution in [0.3, 0.4) is 0 Å². The zero-order valence-electron chi connectivity index (χ0n) is 10.8. The molecule has 0 fully saturated rings. The lowest BCUT2D eigenvalue weighted by molar-refractivity contribution is -0.137. The smallest absolute Gasteiger partial charge is 0.382 e. The lowest BCUT2D eigenvalue weighted by Gasteiger charge is -2.13. The lowest BCUT2D eigenvalue weighted by Crippen LogP contribution is -2.08. The molecule has 0 unspecified atom stereocenters. The Hall–Kier alpha value is -2.05. The van der Waals surface area contributed by atoms with Gasteiger partial charge in [0, 0.05) is 0 Å². The molecule has 11 heteroatoms. The lowest BCUT2D eigenvalue weighted by atomic mass is 10.2. The fraction of sp³-hybridized carbons (Fsp3) is 0.167. The number of rotatable bonds is 2. The van der Waals surface area contributed by atoms with Crippen LogP contribution in [0.2, 0.25) is 10.0 Å². The van der Waals surface area contributed by atoms with E-state index in [1.807, 2.05) is 0 Å². The van der Waals surface area contributed by atoms with E-state index in [2.05, 4.69) is 5.10 Å². The first kappa shape index (κ1) is 17.3. The van der Waals surface area contributed by atoms with Crippen LogP contribution < -0.4 is 5.73 Å². The molecular formula is C12H5Cl2F5N4. The summed E-state index contributed by atoms with van der Waals surface area (Å²) in [7, 11) is 0. The van der Waals surface area contributed by atoms with Crippen molar-refractivity contribution >= 4 is 29.0 Å². The van der Waals surface area contributed by atoms with Crippen LogP contribution in [-0.2, 0) is 6.18 Å². The van der Waals surface area contributed by atoms with E-state index in [1.54, 1.807) is 0 Å². The predicted molar refractivity (Wildman–Crippen MR) is 72.7 cm³/mol. The Morgan fingerprint density at radius 1 is 1.22 bits per heavy atom. The number of nitriles is 1. The van der Waals surface area contributed by atoms with Crippen LogP contribution in [-0.4, -0.2) is 9.78 Å². The van der Waals surface area contributed by atoms with Gasteiger partial charge in [0.05, 0.1) is 15.6 Å². The molecule has 0 amide bonds. The van der Waals surface area contributed by atoms with Crippen LogP contribution in [0.25, 0.3) is 5.69 Å². The van der Waals surface area contributed by atoms with Gasteiger partial charge in [-0.2, -0.15) is 23.5 Å². The Morgan fingerprint density at radius 2 is 1.74 bits per heavy atom. The van der Waals surface area contributed by atoms with Gasteiger partial charge in [-0.25, -0.2) is 13.5 Å². The van der Waals surface area contributed by atoms with Crippen molar-refractivity contribution in [3.63, 3.8) is 0 Å². The molecule has 0 bridgehead atoms. The molecule has 0 saturated heterocycles. The van der Waals surface area contributed by atoms with Gasteiger partial charge in [0.15, 0.2) is 0 Å². The minimum absolute atomic E-state index is 0.331. The topological polar surface area (TPSA) is 67.6 Å². The molecule has 2 N–H and O–H groups in total. The van der Waals surface area contributed by atoms with Gasteiger partial charge < -0.3 is 5.73 Å². The van der Waals surface area contributed by atoms with Crippen molar-refractivity contribution in [1.29, 1.82) is 5.26 Å². The largest absolute Gasteiger partial charge is 0.416 e. The first-order chi connectivity index (χ1) is 10.6. The fourth-order valence-corrected chi connectivity index (χ4v) is 2.47. The van der Waals surface area contributed by atoms with E-state index in [4.69, 9.17) is 34.2 Å². The van der Waals surface area contributed by atoms with Crippen LogP contribution >= 0.6 is 23.2 Å². The first-order valence-corrected chi connectivity index (χ1v) is 6.46. The first-order valence-electron chi connectivity index (χ1n) is 5.71. The summed E-state index contributed by atoms with van der Waals surface area (Å²) in [5.41, 5.74) is 2.57. The Balaban J connectivity index is 2.72. The molecule has 0 radical (unpaired) electrons. The number of hydrogen-bond donors (Lipinski definition) is 1. The van der Waals surface area contributed by atoms with Crippen LogP contribution in [0.4, 0.5) is 27.8 Å². The maximum atomic E-state index is 12.8. The molecule has 1 aromatic carbocycles. The van der Waals surface area contributed by atoms with E-state index in [9.17, 15) is 22.0 Å². The highest BCUT2D eigenvalue weighted by molar-refractivity contribution is 6.38. The van der Waals surface area contributed by atoms with Gasteiger partial charge in [-0.1, -0.05) is 23.2 Å². The van der Waals surface area contributed by atoms with Gasteiger partial charge in [0.25, 0.3) is 6.43 Å². The van der Waals surface area contributed by atoms with E-state index < -0.39 is 45.3 Å². The summed E-state index contributed by atoms with van der Waals surface area (Å²) in [6.07, 6.45) is -7.81. The van der Waals surface area contributed by atoms with Crippen molar-refractivity contribution in [1.82, 2.24) is 9.78 Å². The Morgan fingerprint density at radius 3 is 2.09 bits per heavy atom. The quantitative estimate of drug-likeness (QED) is 0.786. The zero-order valence-corrected chi connectivity index (χ0v) is 12.3. The third-order valence-corrected chi connectivity index (χ3v) is 3.40. The molecule has 0 spiro atoms. The highest BCUT2D eigenvalue weighted by Gasteiger charge is 2.33. The predicted octanol–water partition coefficient (Wildman–Crippen LogP) is 4.59. The van der Waals surface area contributed by atoms with E-state index >= 15 is 0 Å². The second kappa shape index (κ2) is 5.86. The van der Waals surface area contributed by atoms with Crippen LogP contribution in [0.1, 0.15) is 23.2 Å². The van der Waals surface area contributed by atoms with Crippen LogP contribution in [0.15, 0.2) is 12.1 Å². The maximum Gasteiger partial charge on any atom is 0.416 e. The van der Waals surface area contributed by atoms with Gasteiger partial charge in [-0.3, -0.25) is 0 Å². The van der Waals surface area contributed by atoms with Gasteiger partial charge in [-0.05, 0) is 12.1 Å². The fourth-order valence-electron chi connectivity index (χ4n) is 1.82. The molecule has 0 aliphatic rings. The number of nitrogen functional groups attached to an aromatic ring is 1. The molecule has 0 atom stereocenters. The maximum absolute atomic E-state index is 12.8. The van der Waals surface area contributed by atoms with Crippen molar-refractivity contribution in [2.45, 2.75) is 12.6 Å². The van der Waals surface area contributed by atoms with E-state index in [0.29, 0.717) is 16.8 Å². The molecule has 1 aromatic heterocycles. The standard InChI is InChI=1S/C12H5Cl2F5N4/c13-6-1-4(12(17,18)19)2-7(14)9(6)23-11(21)5(3-20)8(22-23)10(15)16/h1-2,10H,21H2. The van der Waals surface area contributed by atoms with E-state index in [1.165, 1.54) is 6.07 Å². The van der Waals surface area contributed by atoms with Crippen molar-refractivity contribution in [2.75, 3.05) is 5.73 Å². The average Bonchev–Trinajstić information content (AvgIpc) is 2.74. The van der Waals surface area contributed by atoms with Crippen molar-refractivity contribution in [3.05, 3.63) is 39.0 Å². The number of anilines is 1. The Kier molecular flexibility index (Phi) is 4.41. The molecule has 122 valence electrons. The van der Waals surface area contributed by atoms with E-state index in [0.717, 1.165) is 0 Å². The minimum Gasteiger partial charge on any atom is -0.382 e. The third kappa shape index (κ3) is 3.04. The third-order valence-electron chi connectivity index (χ3n) is 2.82. The molecule has 0 aliphatic carbocycles. The number of nitrogens with zero attached hydrogens (tertiary/aromatic N) is 3. The van der Waals surface area contributed by atoms with Crippen molar-refractivity contribution < 1.29 is 22.0 Å². The van der Waals surface area contributed by atoms with Gasteiger partial charge >= 0.3 is 6.18 Å². The summed E-state index contributed by atoms with van der Waals surface area (Å²) >= 11 is 11.5. The van der Waals surface area contributed by atoms with Gasteiger partial charge in [0.2, 0.25) is 0 Å². The van der Waals surface area contributed by atoms with Crippen molar-refractivity contribution in [2.24, 2.45) is 0 Å². The van der Waals surface area contributed by atoms with Crippen LogP contribution in [0.5, 0.6) is 0 Å². The molecule has 1 heterocycles.